The molecule has 0 bridgehead atoms. The maximum Gasteiger partial charge on any atom is 0.408 e. The Morgan fingerprint density at radius 3 is 2.12 bits per heavy atom. The van der Waals surface area contributed by atoms with Gasteiger partial charge in [0.1, 0.15) is 6.61 Å². The van der Waals surface area contributed by atoms with Crippen LogP contribution in [-0.2, 0) is 14.3 Å². The van der Waals surface area contributed by atoms with Crippen molar-refractivity contribution in [3.05, 3.63) is 59.7 Å². The highest BCUT2D eigenvalue weighted by Gasteiger charge is 2.37. The van der Waals surface area contributed by atoms with Crippen LogP contribution in [0.15, 0.2) is 48.5 Å². The number of fused-ring (bicyclic) bond motifs is 3. The number of benzene rings is 2. The van der Waals surface area contributed by atoms with Crippen molar-refractivity contribution in [1.82, 2.24) is 5.32 Å². The first-order chi connectivity index (χ1) is 12.5. The lowest BCUT2D eigenvalue weighted by Gasteiger charge is -2.25. The van der Waals surface area contributed by atoms with Gasteiger partial charge in [-0.15, -0.1) is 0 Å². The number of rotatable bonds is 5. The summed E-state index contributed by atoms with van der Waals surface area (Å²) in [5.74, 6) is -0.819. The van der Waals surface area contributed by atoms with Crippen molar-refractivity contribution in [2.75, 3.05) is 20.3 Å². The molecule has 1 aliphatic carbocycles. The Morgan fingerprint density at radius 1 is 1.08 bits per heavy atom. The lowest BCUT2D eigenvalue weighted by atomic mass is 9.98. The van der Waals surface area contributed by atoms with Gasteiger partial charge in [-0.25, -0.2) is 9.59 Å². The molecule has 26 heavy (non-hydrogen) atoms. The second-order valence-corrected chi connectivity index (χ2v) is 6.43. The number of carbonyl (C=O) groups is 2. The average Bonchev–Trinajstić information content (AvgIpc) is 2.99. The third-order valence-electron chi connectivity index (χ3n) is 4.67. The molecule has 0 fully saturated rings. The highest BCUT2D eigenvalue weighted by molar-refractivity contribution is 5.85. The number of amides is 1. The highest BCUT2D eigenvalue weighted by atomic mass is 16.6. The number of ether oxygens (including phenoxy) is 2. The molecule has 6 nitrogen and oxygen atoms in total. The van der Waals surface area contributed by atoms with E-state index in [4.69, 9.17) is 4.74 Å². The Kier molecular flexibility index (Phi) is 4.95. The molecule has 0 unspecified atom stereocenters. The number of nitrogens with one attached hydrogen (secondary N) is 1. The molecular formula is C20H21NO5. The van der Waals surface area contributed by atoms with Gasteiger partial charge in [0.25, 0.3) is 0 Å². The molecule has 3 rings (SSSR count). The van der Waals surface area contributed by atoms with Crippen molar-refractivity contribution in [3.8, 4) is 11.1 Å². The summed E-state index contributed by atoms with van der Waals surface area (Å²) < 4.78 is 9.97. The van der Waals surface area contributed by atoms with E-state index in [1.165, 1.54) is 14.0 Å². The van der Waals surface area contributed by atoms with Crippen LogP contribution in [0, 0.1) is 0 Å². The molecule has 0 aromatic heterocycles. The Balaban J connectivity index is 1.74. The van der Waals surface area contributed by atoms with Crippen LogP contribution in [0.1, 0.15) is 24.0 Å². The first-order valence-corrected chi connectivity index (χ1v) is 8.32. The van der Waals surface area contributed by atoms with Crippen molar-refractivity contribution in [2.24, 2.45) is 0 Å². The molecule has 0 heterocycles. The normalized spacial score (nSPS) is 14.7. The molecule has 2 aromatic rings. The van der Waals surface area contributed by atoms with Gasteiger partial charge >= 0.3 is 12.1 Å². The molecule has 1 aliphatic rings. The molecule has 2 N–H and O–H groups in total. The van der Waals surface area contributed by atoms with Crippen LogP contribution in [0.25, 0.3) is 11.1 Å². The standard InChI is InChI=1S/C20H21NO5/c1-20(12-22,18(23)25-2)21-19(24)26-11-17-15-9-5-3-7-13(15)14-8-4-6-10-16(14)17/h3-10,17,22H,11-12H2,1-2H3,(H,21,24)/t20-/m0/s1. The van der Waals surface area contributed by atoms with Gasteiger partial charge in [-0.3, -0.25) is 0 Å². The molecule has 136 valence electrons. The number of methoxy groups -OCH3 is 1. The number of esters is 1. The molecule has 0 saturated heterocycles. The average molecular weight is 355 g/mol. The molecule has 0 saturated carbocycles. The SMILES string of the molecule is COC(=O)[C@](C)(CO)NC(=O)OCC1c2ccccc2-c2ccccc21. The van der Waals surface area contributed by atoms with Crippen molar-refractivity contribution < 1.29 is 24.2 Å². The summed E-state index contributed by atoms with van der Waals surface area (Å²) in [4.78, 5) is 23.9. The summed E-state index contributed by atoms with van der Waals surface area (Å²) in [5.41, 5.74) is 2.91. The second-order valence-electron chi connectivity index (χ2n) is 6.43. The predicted molar refractivity (Wildman–Crippen MR) is 95.7 cm³/mol. The van der Waals surface area contributed by atoms with Gasteiger partial charge in [0.15, 0.2) is 5.54 Å². The summed E-state index contributed by atoms with van der Waals surface area (Å²) in [6.45, 7) is 0.909. The van der Waals surface area contributed by atoms with Gasteiger partial charge in [0.2, 0.25) is 0 Å². The zero-order valence-corrected chi connectivity index (χ0v) is 14.7. The van der Waals surface area contributed by atoms with E-state index in [0.717, 1.165) is 22.3 Å². The number of hydrogen-bond donors (Lipinski definition) is 2. The maximum atomic E-state index is 12.2. The van der Waals surface area contributed by atoms with E-state index >= 15 is 0 Å². The van der Waals surface area contributed by atoms with Crippen LogP contribution in [0.2, 0.25) is 0 Å². The summed E-state index contributed by atoms with van der Waals surface area (Å²) in [5, 5.41) is 11.8. The quantitative estimate of drug-likeness (QED) is 0.805. The van der Waals surface area contributed by atoms with Crippen LogP contribution in [0.3, 0.4) is 0 Å². The zero-order chi connectivity index (χ0) is 18.7. The largest absolute Gasteiger partial charge is 0.467 e. The minimum atomic E-state index is -1.54. The van der Waals surface area contributed by atoms with Crippen LogP contribution < -0.4 is 5.32 Å². The van der Waals surface area contributed by atoms with Gasteiger partial charge in [0, 0.05) is 5.92 Å². The van der Waals surface area contributed by atoms with E-state index in [9.17, 15) is 14.7 Å². The van der Waals surface area contributed by atoms with Crippen molar-refractivity contribution in [2.45, 2.75) is 18.4 Å². The lowest BCUT2D eigenvalue weighted by Crippen LogP contribution is -2.55. The minimum Gasteiger partial charge on any atom is -0.467 e. The summed E-state index contributed by atoms with van der Waals surface area (Å²) in [7, 11) is 1.19. The first kappa shape index (κ1) is 17.9. The number of hydrogen-bond acceptors (Lipinski definition) is 5. The number of aliphatic hydroxyl groups is 1. The Bertz CT molecular complexity index is 789. The van der Waals surface area contributed by atoms with E-state index < -0.39 is 24.2 Å². The van der Waals surface area contributed by atoms with Gasteiger partial charge in [-0.05, 0) is 29.2 Å². The zero-order valence-electron chi connectivity index (χ0n) is 14.7. The smallest absolute Gasteiger partial charge is 0.408 e. The molecule has 0 spiro atoms. The predicted octanol–water partition coefficient (Wildman–Crippen LogP) is 2.45. The fourth-order valence-electron chi connectivity index (χ4n) is 3.24. The van der Waals surface area contributed by atoms with Gasteiger partial charge in [-0.1, -0.05) is 48.5 Å². The molecule has 6 heteroatoms. The van der Waals surface area contributed by atoms with Crippen LogP contribution in [0.5, 0.6) is 0 Å². The van der Waals surface area contributed by atoms with Gasteiger partial charge in [0.05, 0.1) is 13.7 Å². The Hall–Kier alpha value is -2.86. The molecular weight excluding hydrogens is 334 g/mol. The molecule has 0 aliphatic heterocycles. The second kappa shape index (κ2) is 7.17. The van der Waals surface area contributed by atoms with Crippen molar-refractivity contribution in [3.63, 3.8) is 0 Å². The minimum absolute atomic E-state index is 0.0772. The fourth-order valence-corrected chi connectivity index (χ4v) is 3.24. The van der Waals surface area contributed by atoms with Crippen molar-refractivity contribution >= 4 is 12.1 Å². The first-order valence-electron chi connectivity index (χ1n) is 8.32. The third-order valence-corrected chi connectivity index (χ3v) is 4.67. The van der Waals surface area contributed by atoms with Gasteiger partial charge in [-0.2, -0.15) is 0 Å². The third kappa shape index (κ3) is 3.15. The molecule has 2 aromatic carbocycles. The molecule has 0 radical (unpaired) electrons. The summed E-state index contributed by atoms with van der Waals surface area (Å²) >= 11 is 0. The molecule has 1 atom stereocenters. The lowest BCUT2D eigenvalue weighted by molar-refractivity contribution is -0.149. The van der Waals surface area contributed by atoms with E-state index in [1.54, 1.807) is 0 Å². The van der Waals surface area contributed by atoms with Crippen molar-refractivity contribution in [1.29, 1.82) is 0 Å². The summed E-state index contributed by atoms with van der Waals surface area (Å²) in [6.07, 6.45) is -0.784. The number of alkyl carbamates (subject to hydrolysis) is 1. The topological polar surface area (TPSA) is 84.9 Å². The Labute approximate surface area is 151 Å². The van der Waals surface area contributed by atoms with Crippen LogP contribution in [-0.4, -0.2) is 43.0 Å². The van der Waals surface area contributed by atoms with Crippen LogP contribution >= 0.6 is 0 Å². The van der Waals surface area contributed by atoms with E-state index in [2.05, 4.69) is 10.1 Å². The maximum absolute atomic E-state index is 12.2. The van der Waals surface area contributed by atoms with E-state index in [0.29, 0.717) is 0 Å². The monoisotopic (exact) mass is 355 g/mol. The van der Waals surface area contributed by atoms with E-state index in [-0.39, 0.29) is 12.5 Å². The number of aliphatic hydroxyl groups excluding tert-OH is 1. The van der Waals surface area contributed by atoms with Crippen LogP contribution in [0.4, 0.5) is 4.79 Å². The highest BCUT2D eigenvalue weighted by Crippen LogP contribution is 2.44. The molecule has 1 amide bonds. The fraction of sp³-hybridized carbons (Fsp3) is 0.300. The van der Waals surface area contributed by atoms with E-state index in [1.807, 2.05) is 48.5 Å². The van der Waals surface area contributed by atoms with Gasteiger partial charge < -0.3 is 19.9 Å². The summed E-state index contributed by atoms with van der Waals surface area (Å²) in [6, 6.07) is 16.0. The Morgan fingerprint density at radius 2 is 1.62 bits per heavy atom. The number of carbonyl (C=O) groups excluding carboxylic acids is 2.